The first-order valence-corrected chi connectivity index (χ1v) is 14.9. The first kappa shape index (κ1) is 27.3. The molecule has 7 rings (SSSR count). The van der Waals surface area contributed by atoms with E-state index < -0.39 is 5.97 Å². The van der Waals surface area contributed by atoms with Crippen LogP contribution in [0.2, 0.25) is 0 Å². The molecule has 3 aliphatic heterocycles. The quantitative estimate of drug-likeness (QED) is 0.328. The SMILES string of the molecule is COC(=O)c1cc(N2CCC3(CCN(C(=O)c4nc5c(C)cc(N6CC[C@](C)(c7ccccc7)C6)cn5n4)C3)C2)cnn1. The average molecular weight is 581 g/mol. The van der Waals surface area contributed by atoms with Crippen LogP contribution in [-0.2, 0) is 10.2 Å². The lowest BCUT2D eigenvalue weighted by molar-refractivity contribution is 0.0592. The molecule has 1 unspecified atom stereocenters. The Labute approximate surface area is 250 Å². The highest BCUT2D eigenvalue weighted by Gasteiger charge is 2.45. The van der Waals surface area contributed by atoms with Crippen molar-refractivity contribution in [2.24, 2.45) is 5.41 Å². The smallest absolute Gasteiger partial charge is 0.358 e. The predicted molar refractivity (Wildman–Crippen MR) is 162 cm³/mol. The summed E-state index contributed by atoms with van der Waals surface area (Å²) in [6.07, 6.45) is 6.61. The zero-order chi connectivity index (χ0) is 29.8. The van der Waals surface area contributed by atoms with E-state index in [0.29, 0.717) is 18.7 Å². The molecule has 3 saturated heterocycles. The minimum Gasteiger partial charge on any atom is -0.464 e. The van der Waals surface area contributed by atoms with E-state index in [1.54, 1.807) is 16.8 Å². The normalized spacial score (nSPS) is 23.6. The number of fused-ring (bicyclic) bond motifs is 1. The minimum absolute atomic E-state index is 0.0201. The number of hydrogen-bond acceptors (Lipinski definition) is 9. The summed E-state index contributed by atoms with van der Waals surface area (Å²) in [4.78, 5) is 36.8. The monoisotopic (exact) mass is 580 g/mol. The third kappa shape index (κ3) is 4.86. The summed E-state index contributed by atoms with van der Waals surface area (Å²) in [5.74, 6) is -0.394. The third-order valence-electron chi connectivity index (χ3n) is 9.67. The van der Waals surface area contributed by atoms with Gasteiger partial charge in [0.25, 0.3) is 5.91 Å². The minimum atomic E-state index is -0.505. The van der Waals surface area contributed by atoms with Crippen LogP contribution >= 0.6 is 0 Å². The maximum atomic E-state index is 13.6. The molecule has 11 heteroatoms. The summed E-state index contributed by atoms with van der Waals surface area (Å²) in [7, 11) is 1.33. The number of ether oxygens (including phenoxy) is 1. The van der Waals surface area contributed by atoms with Crippen LogP contribution in [0.15, 0.2) is 54.9 Å². The second kappa shape index (κ2) is 10.3. The molecule has 222 valence electrons. The van der Waals surface area contributed by atoms with Crippen LogP contribution in [0, 0.1) is 12.3 Å². The van der Waals surface area contributed by atoms with Gasteiger partial charge in [0.1, 0.15) is 0 Å². The van der Waals surface area contributed by atoms with Gasteiger partial charge in [-0.1, -0.05) is 37.3 Å². The molecular weight excluding hydrogens is 544 g/mol. The largest absolute Gasteiger partial charge is 0.464 e. The van der Waals surface area contributed by atoms with Crippen molar-refractivity contribution in [1.29, 1.82) is 0 Å². The number of anilines is 2. The number of methoxy groups -OCH3 is 1. The van der Waals surface area contributed by atoms with Gasteiger partial charge in [0.15, 0.2) is 11.3 Å². The molecule has 1 aromatic carbocycles. The number of aromatic nitrogens is 5. The fourth-order valence-electron chi connectivity index (χ4n) is 7.12. The number of amides is 1. The molecule has 0 aliphatic carbocycles. The predicted octanol–water partition coefficient (Wildman–Crippen LogP) is 3.52. The Morgan fingerprint density at radius 2 is 1.70 bits per heavy atom. The van der Waals surface area contributed by atoms with Crippen molar-refractivity contribution in [3.63, 3.8) is 0 Å². The highest BCUT2D eigenvalue weighted by atomic mass is 16.5. The zero-order valence-corrected chi connectivity index (χ0v) is 24.9. The van der Waals surface area contributed by atoms with Crippen LogP contribution in [0.3, 0.4) is 0 Å². The second-order valence-corrected chi connectivity index (χ2v) is 12.6. The van der Waals surface area contributed by atoms with Crippen molar-refractivity contribution >= 4 is 28.9 Å². The van der Waals surface area contributed by atoms with Crippen molar-refractivity contribution in [1.82, 2.24) is 29.7 Å². The zero-order valence-electron chi connectivity index (χ0n) is 24.9. The molecule has 3 aromatic heterocycles. The molecule has 1 amide bonds. The summed E-state index contributed by atoms with van der Waals surface area (Å²) in [5.41, 5.74) is 5.27. The van der Waals surface area contributed by atoms with Crippen LogP contribution in [0.4, 0.5) is 11.4 Å². The van der Waals surface area contributed by atoms with E-state index in [2.05, 4.69) is 73.4 Å². The number of benzene rings is 1. The number of carbonyl (C=O) groups excluding carboxylic acids is 2. The molecular formula is C32H36N8O3. The standard InChI is InChI=1S/C32H36N8O3/c1-22-15-25(37-12-9-31(2,19-37)23-7-5-4-6-8-23)18-40-28(22)34-27(36-40)29(41)39-14-11-32(21-39)10-13-38(20-32)24-16-26(30(42)43-3)35-33-17-24/h4-8,15-18H,9-14,19-21H2,1-3H3/t31-,32?/m0/s1. The molecule has 0 radical (unpaired) electrons. The van der Waals surface area contributed by atoms with E-state index in [0.717, 1.165) is 62.4 Å². The number of pyridine rings is 1. The van der Waals surface area contributed by atoms with E-state index in [9.17, 15) is 9.59 Å². The van der Waals surface area contributed by atoms with Gasteiger partial charge < -0.3 is 19.4 Å². The highest BCUT2D eigenvalue weighted by Crippen LogP contribution is 2.41. The van der Waals surface area contributed by atoms with Crippen LogP contribution in [0.5, 0.6) is 0 Å². The van der Waals surface area contributed by atoms with Gasteiger partial charge in [-0.3, -0.25) is 4.79 Å². The summed E-state index contributed by atoms with van der Waals surface area (Å²) in [6, 6.07) is 14.6. The molecule has 1 spiro atoms. The molecule has 43 heavy (non-hydrogen) atoms. The highest BCUT2D eigenvalue weighted by molar-refractivity contribution is 5.91. The van der Waals surface area contributed by atoms with E-state index in [-0.39, 0.29) is 28.3 Å². The van der Waals surface area contributed by atoms with Gasteiger partial charge in [-0.2, -0.15) is 5.10 Å². The van der Waals surface area contributed by atoms with Crippen LogP contribution in [0.1, 0.15) is 58.4 Å². The molecule has 0 N–H and O–H groups in total. The molecule has 3 aliphatic rings. The number of aryl methyl sites for hydroxylation is 1. The van der Waals surface area contributed by atoms with Gasteiger partial charge in [-0.15, -0.1) is 10.2 Å². The van der Waals surface area contributed by atoms with Crippen LogP contribution < -0.4 is 9.80 Å². The lowest BCUT2D eigenvalue weighted by atomic mass is 9.82. The van der Waals surface area contributed by atoms with Gasteiger partial charge in [0.2, 0.25) is 5.82 Å². The maximum absolute atomic E-state index is 13.6. The first-order chi connectivity index (χ1) is 20.8. The lowest BCUT2D eigenvalue weighted by Crippen LogP contribution is -2.34. The second-order valence-electron chi connectivity index (χ2n) is 12.6. The van der Waals surface area contributed by atoms with E-state index >= 15 is 0 Å². The van der Waals surface area contributed by atoms with Gasteiger partial charge in [0, 0.05) is 50.1 Å². The van der Waals surface area contributed by atoms with Crippen molar-refractivity contribution in [3.05, 3.63) is 77.5 Å². The van der Waals surface area contributed by atoms with Crippen molar-refractivity contribution in [2.75, 3.05) is 56.2 Å². The van der Waals surface area contributed by atoms with Gasteiger partial charge in [-0.25, -0.2) is 14.3 Å². The molecule has 11 nitrogen and oxygen atoms in total. The fraction of sp³-hybridized carbons (Fsp3) is 0.438. The number of esters is 1. The molecule has 0 bridgehead atoms. The third-order valence-corrected chi connectivity index (χ3v) is 9.67. The molecule has 4 aromatic rings. The van der Waals surface area contributed by atoms with Gasteiger partial charge in [0.05, 0.1) is 30.9 Å². The maximum Gasteiger partial charge on any atom is 0.358 e. The van der Waals surface area contributed by atoms with Crippen molar-refractivity contribution in [3.8, 4) is 0 Å². The Kier molecular flexibility index (Phi) is 6.55. The summed E-state index contributed by atoms with van der Waals surface area (Å²) in [6.45, 7) is 9.17. The topological polar surface area (TPSA) is 109 Å². The van der Waals surface area contributed by atoms with E-state index in [1.165, 1.54) is 12.7 Å². The Balaban J connectivity index is 1.05. The summed E-state index contributed by atoms with van der Waals surface area (Å²) in [5, 5.41) is 12.6. The molecule has 2 atom stereocenters. The summed E-state index contributed by atoms with van der Waals surface area (Å²) < 4.78 is 6.57. The molecule has 3 fully saturated rings. The number of carbonyl (C=O) groups is 2. The summed E-state index contributed by atoms with van der Waals surface area (Å²) >= 11 is 0. The lowest BCUT2D eigenvalue weighted by Gasteiger charge is -2.26. The number of rotatable bonds is 5. The average Bonchev–Trinajstić information content (AvgIpc) is 3.84. The number of nitrogens with zero attached hydrogens (tertiary/aromatic N) is 8. The fourth-order valence-corrected chi connectivity index (χ4v) is 7.12. The van der Waals surface area contributed by atoms with E-state index in [4.69, 9.17) is 4.74 Å². The number of hydrogen-bond donors (Lipinski definition) is 0. The Hall–Kier alpha value is -4.54. The first-order valence-electron chi connectivity index (χ1n) is 14.9. The van der Waals surface area contributed by atoms with Gasteiger partial charge in [-0.05, 0) is 49.4 Å². The van der Waals surface area contributed by atoms with Gasteiger partial charge >= 0.3 is 5.97 Å². The van der Waals surface area contributed by atoms with Crippen molar-refractivity contribution < 1.29 is 14.3 Å². The number of likely N-dealkylation sites (tertiary alicyclic amines) is 1. The molecule has 6 heterocycles. The Morgan fingerprint density at radius 3 is 2.51 bits per heavy atom. The Bertz CT molecular complexity index is 1710. The van der Waals surface area contributed by atoms with Crippen LogP contribution in [0.25, 0.3) is 5.65 Å². The Morgan fingerprint density at radius 1 is 0.930 bits per heavy atom. The van der Waals surface area contributed by atoms with E-state index in [1.807, 2.05) is 18.0 Å². The molecule has 0 saturated carbocycles. The van der Waals surface area contributed by atoms with Crippen molar-refractivity contribution in [2.45, 2.75) is 38.5 Å². The van der Waals surface area contributed by atoms with Crippen LogP contribution in [-0.4, -0.2) is 88.0 Å².